The van der Waals surface area contributed by atoms with E-state index in [1.807, 2.05) is 19.1 Å². The molecule has 1 rings (SSSR count). The van der Waals surface area contributed by atoms with Gasteiger partial charge in [-0.05, 0) is 39.3 Å². The molecule has 1 aromatic rings. The zero-order valence-corrected chi connectivity index (χ0v) is 10.0. The SMILES string of the molecule is CC(CC(C)(C)O)Nc1cccc(Cl)n1. The molecule has 15 heavy (non-hydrogen) atoms. The summed E-state index contributed by atoms with van der Waals surface area (Å²) in [6.07, 6.45) is 0.654. The van der Waals surface area contributed by atoms with E-state index in [-0.39, 0.29) is 6.04 Å². The molecule has 0 bridgehead atoms. The molecule has 0 aliphatic carbocycles. The summed E-state index contributed by atoms with van der Waals surface area (Å²) < 4.78 is 0. The molecular weight excluding hydrogens is 212 g/mol. The van der Waals surface area contributed by atoms with Crippen molar-refractivity contribution in [1.82, 2.24) is 4.98 Å². The van der Waals surface area contributed by atoms with Crippen molar-refractivity contribution >= 4 is 17.4 Å². The first kappa shape index (κ1) is 12.3. The van der Waals surface area contributed by atoms with Crippen LogP contribution in [0.25, 0.3) is 0 Å². The first-order valence-electron chi connectivity index (χ1n) is 4.98. The van der Waals surface area contributed by atoms with E-state index in [0.717, 1.165) is 5.82 Å². The van der Waals surface area contributed by atoms with Crippen LogP contribution in [-0.4, -0.2) is 21.7 Å². The lowest BCUT2D eigenvalue weighted by atomic mass is 10.0. The standard InChI is InChI=1S/C11H17ClN2O/c1-8(7-11(2,3)15)13-10-6-4-5-9(12)14-10/h4-6,8,15H,7H2,1-3H3,(H,13,14). The quantitative estimate of drug-likeness (QED) is 0.779. The summed E-state index contributed by atoms with van der Waals surface area (Å²) >= 11 is 5.76. The molecule has 84 valence electrons. The summed E-state index contributed by atoms with van der Waals surface area (Å²) in [6, 6.07) is 5.57. The van der Waals surface area contributed by atoms with Gasteiger partial charge < -0.3 is 10.4 Å². The summed E-state index contributed by atoms with van der Waals surface area (Å²) in [4.78, 5) is 4.12. The van der Waals surface area contributed by atoms with Crippen LogP contribution in [0.1, 0.15) is 27.2 Å². The number of anilines is 1. The van der Waals surface area contributed by atoms with Crippen LogP contribution < -0.4 is 5.32 Å². The number of nitrogens with one attached hydrogen (secondary N) is 1. The Balaban J connectivity index is 2.55. The monoisotopic (exact) mass is 228 g/mol. The van der Waals surface area contributed by atoms with Crippen LogP contribution in [0.3, 0.4) is 0 Å². The number of hydrogen-bond donors (Lipinski definition) is 2. The Kier molecular flexibility index (Phi) is 3.94. The van der Waals surface area contributed by atoms with Crippen molar-refractivity contribution in [3.63, 3.8) is 0 Å². The van der Waals surface area contributed by atoms with Gasteiger partial charge in [-0.2, -0.15) is 0 Å². The normalized spacial score (nSPS) is 13.7. The van der Waals surface area contributed by atoms with Crippen molar-refractivity contribution in [2.75, 3.05) is 5.32 Å². The van der Waals surface area contributed by atoms with E-state index in [1.165, 1.54) is 0 Å². The molecule has 2 N–H and O–H groups in total. The number of nitrogens with zero attached hydrogens (tertiary/aromatic N) is 1. The van der Waals surface area contributed by atoms with Crippen molar-refractivity contribution < 1.29 is 5.11 Å². The molecular formula is C11H17ClN2O. The van der Waals surface area contributed by atoms with Gasteiger partial charge in [-0.25, -0.2) is 4.98 Å². The zero-order chi connectivity index (χ0) is 11.5. The second kappa shape index (κ2) is 4.81. The van der Waals surface area contributed by atoms with Gasteiger partial charge >= 0.3 is 0 Å². The Morgan fingerprint density at radius 1 is 1.53 bits per heavy atom. The third-order valence-corrected chi connectivity index (χ3v) is 2.13. The zero-order valence-electron chi connectivity index (χ0n) is 9.29. The Bertz CT molecular complexity index is 323. The number of aromatic nitrogens is 1. The minimum absolute atomic E-state index is 0.149. The summed E-state index contributed by atoms with van der Waals surface area (Å²) in [7, 11) is 0. The van der Waals surface area contributed by atoms with E-state index < -0.39 is 5.60 Å². The molecule has 0 aliphatic heterocycles. The highest BCUT2D eigenvalue weighted by Crippen LogP contribution is 2.15. The van der Waals surface area contributed by atoms with Gasteiger partial charge in [-0.1, -0.05) is 17.7 Å². The highest BCUT2D eigenvalue weighted by atomic mass is 35.5. The fourth-order valence-corrected chi connectivity index (χ4v) is 1.71. The predicted octanol–water partition coefficient (Wildman–Crippen LogP) is 2.70. The maximum atomic E-state index is 9.63. The van der Waals surface area contributed by atoms with Crippen LogP contribution in [0.15, 0.2) is 18.2 Å². The molecule has 0 radical (unpaired) electrons. The van der Waals surface area contributed by atoms with Gasteiger partial charge in [0.1, 0.15) is 11.0 Å². The Labute approximate surface area is 95.5 Å². The van der Waals surface area contributed by atoms with Crippen LogP contribution >= 0.6 is 11.6 Å². The van der Waals surface area contributed by atoms with E-state index in [0.29, 0.717) is 11.6 Å². The Morgan fingerprint density at radius 3 is 2.73 bits per heavy atom. The van der Waals surface area contributed by atoms with Crippen LogP contribution in [0.4, 0.5) is 5.82 Å². The predicted molar refractivity (Wildman–Crippen MR) is 63.2 cm³/mol. The third kappa shape index (κ3) is 5.00. The molecule has 0 saturated heterocycles. The van der Waals surface area contributed by atoms with Crippen LogP contribution in [0, 0.1) is 0 Å². The molecule has 0 amide bonds. The maximum absolute atomic E-state index is 9.63. The van der Waals surface area contributed by atoms with Crippen LogP contribution in [-0.2, 0) is 0 Å². The highest BCUT2D eigenvalue weighted by molar-refractivity contribution is 6.29. The van der Waals surface area contributed by atoms with Gasteiger partial charge in [0.15, 0.2) is 0 Å². The van der Waals surface area contributed by atoms with Crippen molar-refractivity contribution in [1.29, 1.82) is 0 Å². The fraction of sp³-hybridized carbons (Fsp3) is 0.545. The minimum Gasteiger partial charge on any atom is -0.390 e. The van der Waals surface area contributed by atoms with Crippen molar-refractivity contribution in [3.8, 4) is 0 Å². The minimum atomic E-state index is -0.676. The molecule has 0 aromatic carbocycles. The first-order chi connectivity index (χ1) is 6.87. The largest absolute Gasteiger partial charge is 0.390 e. The van der Waals surface area contributed by atoms with E-state index >= 15 is 0 Å². The molecule has 0 spiro atoms. The van der Waals surface area contributed by atoms with Crippen molar-refractivity contribution in [3.05, 3.63) is 23.4 Å². The first-order valence-corrected chi connectivity index (χ1v) is 5.36. The number of pyridine rings is 1. The lowest BCUT2D eigenvalue weighted by Gasteiger charge is -2.23. The smallest absolute Gasteiger partial charge is 0.131 e. The van der Waals surface area contributed by atoms with Crippen LogP contribution in [0.2, 0.25) is 5.15 Å². The summed E-state index contributed by atoms with van der Waals surface area (Å²) in [5.41, 5.74) is -0.676. The summed E-state index contributed by atoms with van der Waals surface area (Å²) in [6.45, 7) is 5.58. The summed E-state index contributed by atoms with van der Waals surface area (Å²) in [5, 5.41) is 13.3. The van der Waals surface area contributed by atoms with E-state index in [4.69, 9.17) is 11.6 Å². The topological polar surface area (TPSA) is 45.1 Å². The average molecular weight is 229 g/mol. The van der Waals surface area contributed by atoms with E-state index in [2.05, 4.69) is 10.3 Å². The number of halogens is 1. The second-order valence-electron chi connectivity index (χ2n) is 4.41. The second-order valence-corrected chi connectivity index (χ2v) is 4.79. The van der Waals surface area contributed by atoms with Crippen LogP contribution in [0.5, 0.6) is 0 Å². The molecule has 1 heterocycles. The molecule has 3 nitrogen and oxygen atoms in total. The number of hydrogen-bond acceptors (Lipinski definition) is 3. The number of aliphatic hydroxyl groups is 1. The highest BCUT2D eigenvalue weighted by Gasteiger charge is 2.17. The molecule has 0 saturated carbocycles. The molecule has 0 aliphatic rings. The Hall–Kier alpha value is -0.800. The van der Waals surface area contributed by atoms with Gasteiger partial charge in [0, 0.05) is 6.04 Å². The Morgan fingerprint density at radius 2 is 2.20 bits per heavy atom. The molecule has 1 unspecified atom stereocenters. The van der Waals surface area contributed by atoms with Gasteiger partial charge in [0.25, 0.3) is 0 Å². The molecule has 4 heteroatoms. The average Bonchev–Trinajstić information content (AvgIpc) is 1.99. The van der Waals surface area contributed by atoms with Gasteiger partial charge in [0.2, 0.25) is 0 Å². The molecule has 0 fully saturated rings. The van der Waals surface area contributed by atoms with Crippen molar-refractivity contribution in [2.24, 2.45) is 0 Å². The lowest BCUT2D eigenvalue weighted by Crippen LogP contribution is -2.29. The van der Waals surface area contributed by atoms with Crippen molar-refractivity contribution in [2.45, 2.75) is 38.8 Å². The fourth-order valence-electron chi connectivity index (χ4n) is 1.54. The number of rotatable bonds is 4. The third-order valence-electron chi connectivity index (χ3n) is 1.92. The molecule has 1 aromatic heterocycles. The summed E-state index contributed by atoms with van der Waals surface area (Å²) in [5.74, 6) is 0.735. The van der Waals surface area contributed by atoms with E-state index in [1.54, 1.807) is 19.9 Å². The van der Waals surface area contributed by atoms with Gasteiger partial charge in [0.05, 0.1) is 5.60 Å². The van der Waals surface area contributed by atoms with Gasteiger partial charge in [-0.15, -0.1) is 0 Å². The maximum Gasteiger partial charge on any atom is 0.131 e. The van der Waals surface area contributed by atoms with Gasteiger partial charge in [-0.3, -0.25) is 0 Å². The molecule has 1 atom stereocenters. The lowest BCUT2D eigenvalue weighted by molar-refractivity contribution is 0.0673. The van der Waals surface area contributed by atoms with E-state index in [9.17, 15) is 5.11 Å².